The topological polar surface area (TPSA) is 93.4 Å². The molecule has 8 aromatic rings. The Labute approximate surface area is 424 Å². The van der Waals surface area contributed by atoms with E-state index < -0.39 is 43.1 Å². The van der Waals surface area contributed by atoms with Crippen LogP contribution in [0.1, 0.15) is 49.9 Å². The Bertz CT molecular complexity index is 2890. The van der Waals surface area contributed by atoms with E-state index in [9.17, 15) is 37.0 Å². The van der Waals surface area contributed by atoms with Gasteiger partial charge in [0.25, 0.3) is 11.3 Å². The fourth-order valence-corrected chi connectivity index (χ4v) is 12.7. The number of benzene rings is 7. The van der Waals surface area contributed by atoms with Crippen LogP contribution in [0.3, 0.4) is 0 Å². The Kier molecular flexibility index (Phi) is 18.7. The fraction of sp³-hybridized carbons (Fsp3) is 0.148. The first-order valence-corrected chi connectivity index (χ1v) is 24.7. The Morgan fingerprint density at radius 3 is 1.41 bits per heavy atom. The predicted molar refractivity (Wildman–Crippen MR) is 262 cm³/mol. The molecule has 0 bridgehead atoms. The first-order chi connectivity index (χ1) is 31.2. The Hall–Kier alpha value is -4.95. The average Bonchev–Trinajstić information content (AvgIpc) is 3.34. The largest absolute Gasteiger partial charge is 0.506 e. The zero-order valence-electron chi connectivity index (χ0n) is 36.6. The number of aromatic nitrogens is 1. The molecule has 0 aliphatic carbocycles. The van der Waals surface area contributed by atoms with Crippen molar-refractivity contribution in [2.24, 2.45) is 0 Å². The number of pyridine rings is 1. The van der Waals surface area contributed by atoms with Crippen molar-refractivity contribution >= 4 is 68.3 Å². The van der Waals surface area contributed by atoms with Gasteiger partial charge in [-0.15, -0.1) is 0 Å². The maximum absolute atomic E-state index is 13.8. The molecule has 1 N–H and O–H groups in total. The van der Waals surface area contributed by atoms with Crippen LogP contribution in [0.15, 0.2) is 205 Å². The Morgan fingerprint density at radius 1 is 0.591 bits per heavy atom. The zero-order chi connectivity index (χ0) is 46.6. The van der Waals surface area contributed by atoms with E-state index in [1.54, 1.807) is 24.3 Å². The number of ketones is 1. The van der Waals surface area contributed by atoms with E-state index in [2.05, 4.69) is 6.58 Å². The number of allylic oxidation sites excluding steroid dienone is 1. The molecule has 339 valence electrons. The average molecular weight is 1060 g/mol. The number of halogens is 3. The number of hydrogen-bond acceptors (Lipinski definition) is 5. The monoisotopic (exact) mass is 1060 g/mol. The number of aryl methyl sites for hydroxylation is 1. The van der Waals surface area contributed by atoms with Crippen molar-refractivity contribution in [3.8, 4) is 5.75 Å². The molecule has 1 heterocycles. The van der Waals surface area contributed by atoms with Crippen molar-refractivity contribution in [3.05, 3.63) is 216 Å². The second-order valence-electron chi connectivity index (χ2n) is 15.4. The maximum atomic E-state index is 13.8. The minimum absolute atomic E-state index is 0. The minimum Gasteiger partial charge on any atom is -0.506 e. The van der Waals surface area contributed by atoms with Gasteiger partial charge in [0, 0.05) is 93.2 Å². The molecule has 0 aliphatic heterocycles. The molecule has 0 unspecified atom stereocenters. The van der Waals surface area contributed by atoms with Crippen LogP contribution in [-0.4, -0.2) is 21.6 Å². The summed E-state index contributed by atoms with van der Waals surface area (Å²) in [5.41, 5.74) is -1.98. The van der Waals surface area contributed by atoms with E-state index >= 15 is 0 Å². The van der Waals surface area contributed by atoms with Gasteiger partial charge in [0.1, 0.15) is 11.3 Å². The van der Waals surface area contributed by atoms with Gasteiger partial charge in [0.15, 0.2) is 14.3 Å². The van der Waals surface area contributed by atoms with Crippen molar-refractivity contribution < 1.29 is 81.6 Å². The standard InChI is InChI=1S/C21H20F3NO3.C18H15OP.C15H15OP.Eu/c1-2-3-4-7-12-25-17-14-9-6-5-8-13(14)10-11-15(17)18(26)16(20(25)28)19(27)21(22,23)24;19-20(16-10-4-1-5-11-16,17-12-6-2-7-13-17)18-14-8-3-9-15-18;1-13(2)17(16,14-9-5-3-6-10-14)15-11-7-4-8-12-15;/h5-6,8-11,26H,2-4,7,12H2,1H3;1-15H;3-12H,1H2,2H3;. The number of nitrogens with zero attached hydrogens (tertiary/aromatic N) is 1. The van der Waals surface area contributed by atoms with Crippen LogP contribution in [0.4, 0.5) is 13.2 Å². The van der Waals surface area contributed by atoms with Gasteiger partial charge >= 0.3 is 6.18 Å². The number of alkyl halides is 3. The third-order valence-electron chi connectivity index (χ3n) is 11.0. The van der Waals surface area contributed by atoms with Gasteiger partial charge in [-0.1, -0.05) is 215 Å². The van der Waals surface area contributed by atoms with Crippen molar-refractivity contribution in [2.75, 3.05) is 0 Å². The molecule has 0 fully saturated rings. The first-order valence-electron chi connectivity index (χ1n) is 21.3. The molecule has 7 aromatic carbocycles. The predicted octanol–water partition coefficient (Wildman–Crippen LogP) is 12.0. The SMILES string of the molecule is C=C(C)P(=O)(c1ccccc1)c1ccccc1.CCCCCCn1c(=O)c(C(=O)C(F)(F)F)c(O)c2ccc3ccccc3c21.O=P(c1ccccc1)(c1ccccc1)c1ccccc1.[Eu]. The summed E-state index contributed by atoms with van der Waals surface area (Å²) in [7, 11) is -5.47. The van der Waals surface area contributed by atoms with Crippen LogP contribution in [0.2, 0.25) is 0 Å². The summed E-state index contributed by atoms with van der Waals surface area (Å²) in [5, 5.41) is 16.9. The molecule has 0 saturated heterocycles. The second-order valence-corrected chi connectivity index (χ2v) is 21.2. The molecule has 0 atom stereocenters. The number of fused-ring (bicyclic) bond motifs is 3. The van der Waals surface area contributed by atoms with Crippen LogP contribution in [0.5, 0.6) is 5.75 Å². The summed E-state index contributed by atoms with van der Waals surface area (Å²) in [6, 6.07) is 58.5. The van der Waals surface area contributed by atoms with Crippen molar-refractivity contribution in [2.45, 2.75) is 52.3 Å². The number of carbonyl (C=O) groups excluding carboxylic acids is 1. The van der Waals surface area contributed by atoms with E-state index in [0.717, 1.165) is 56.5 Å². The third kappa shape index (κ3) is 11.6. The Morgan fingerprint density at radius 2 is 1.00 bits per heavy atom. The van der Waals surface area contributed by atoms with E-state index in [0.29, 0.717) is 17.3 Å². The number of rotatable bonds is 12. The van der Waals surface area contributed by atoms with E-state index in [4.69, 9.17) is 0 Å². The van der Waals surface area contributed by atoms with Gasteiger partial charge in [-0.25, -0.2) is 0 Å². The third-order valence-corrected chi connectivity index (χ3v) is 17.2. The van der Waals surface area contributed by atoms with Crippen LogP contribution >= 0.6 is 14.3 Å². The normalized spacial score (nSPS) is 11.3. The molecular formula is C54H50EuF3NO5P2. The molecule has 8 rings (SSSR count). The molecule has 1 radical (unpaired) electrons. The summed E-state index contributed by atoms with van der Waals surface area (Å²) >= 11 is 0. The molecule has 12 heteroatoms. The minimum atomic E-state index is -5.25. The number of hydrogen-bond donors (Lipinski definition) is 1. The summed E-state index contributed by atoms with van der Waals surface area (Å²) in [4.78, 5) is 24.7. The molecule has 0 amide bonds. The zero-order valence-corrected chi connectivity index (χ0v) is 40.8. The van der Waals surface area contributed by atoms with E-state index in [1.165, 1.54) is 10.6 Å². The summed E-state index contributed by atoms with van der Waals surface area (Å²) < 4.78 is 67.3. The maximum Gasteiger partial charge on any atom is 0.455 e. The van der Waals surface area contributed by atoms with Gasteiger partial charge in [-0.3, -0.25) is 9.59 Å². The smallest absolute Gasteiger partial charge is 0.455 e. The molecule has 66 heavy (non-hydrogen) atoms. The van der Waals surface area contributed by atoms with E-state index in [-0.39, 0.29) is 61.3 Å². The number of unbranched alkanes of at least 4 members (excludes halogenated alkanes) is 3. The van der Waals surface area contributed by atoms with Crippen LogP contribution in [0, 0.1) is 49.4 Å². The quantitative estimate of drug-likeness (QED) is 0.0569. The van der Waals surface area contributed by atoms with Gasteiger partial charge in [0.05, 0.1) is 5.52 Å². The fourth-order valence-electron chi connectivity index (χ4n) is 7.69. The molecule has 1 aromatic heterocycles. The van der Waals surface area contributed by atoms with Gasteiger partial charge < -0.3 is 18.8 Å². The first kappa shape index (κ1) is 52.0. The number of Topliss-reactive ketones (excluding diaryl/α,β-unsaturated/α-hetero) is 1. The molecular weight excluding hydrogens is 1010 g/mol. The number of aromatic hydroxyl groups is 1. The van der Waals surface area contributed by atoms with Crippen molar-refractivity contribution in [3.63, 3.8) is 0 Å². The Balaban J connectivity index is 0.000000191. The molecule has 6 nitrogen and oxygen atoms in total. The van der Waals surface area contributed by atoms with Crippen molar-refractivity contribution in [1.82, 2.24) is 4.57 Å². The van der Waals surface area contributed by atoms with Crippen LogP contribution in [-0.2, 0) is 15.7 Å². The van der Waals surface area contributed by atoms with Gasteiger partial charge in [-0.05, 0) is 30.1 Å². The molecule has 0 aliphatic rings. The van der Waals surface area contributed by atoms with Crippen molar-refractivity contribution in [1.29, 1.82) is 0 Å². The summed E-state index contributed by atoms with van der Waals surface area (Å²) in [5.74, 6) is -3.25. The second kappa shape index (κ2) is 23.7. The van der Waals surface area contributed by atoms with E-state index in [1.807, 2.05) is 172 Å². The van der Waals surface area contributed by atoms with Gasteiger partial charge in [0.2, 0.25) is 0 Å². The molecule has 0 spiro atoms. The number of carbonyl (C=O) groups is 1. The van der Waals surface area contributed by atoms with Gasteiger partial charge in [-0.2, -0.15) is 13.2 Å². The summed E-state index contributed by atoms with van der Waals surface area (Å²) in [6.45, 7) is 7.94. The van der Waals surface area contributed by atoms with Crippen LogP contribution < -0.4 is 32.1 Å². The summed E-state index contributed by atoms with van der Waals surface area (Å²) in [6.07, 6.45) is -1.97. The van der Waals surface area contributed by atoms with Crippen LogP contribution in [0.25, 0.3) is 21.7 Å². The molecule has 0 saturated carbocycles.